The molecule has 5 nitrogen and oxygen atoms in total. The SMILES string of the molecule is CNC(=O)c1cc(O)c2cc(OC)c(OC)cc2c1. The minimum atomic E-state index is -0.257. The van der Waals surface area contributed by atoms with E-state index in [1.807, 2.05) is 0 Å². The fraction of sp³-hybridized carbons (Fsp3) is 0.214. The molecule has 0 saturated heterocycles. The lowest BCUT2D eigenvalue weighted by Crippen LogP contribution is -2.17. The van der Waals surface area contributed by atoms with Crippen LogP contribution in [-0.4, -0.2) is 32.3 Å². The number of phenols is 1. The summed E-state index contributed by atoms with van der Waals surface area (Å²) in [5, 5.41) is 13.8. The van der Waals surface area contributed by atoms with Gasteiger partial charge in [0, 0.05) is 18.0 Å². The van der Waals surface area contributed by atoms with Crippen molar-refractivity contribution in [3.63, 3.8) is 0 Å². The number of methoxy groups -OCH3 is 2. The number of nitrogens with one attached hydrogen (secondary N) is 1. The first-order valence-corrected chi connectivity index (χ1v) is 5.71. The van der Waals surface area contributed by atoms with Crippen LogP contribution in [0.25, 0.3) is 10.8 Å². The predicted octanol–water partition coefficient (Wildman–Crippen LogP) is 1.92. The van der Waals surface area contributed by atoms with Crippen molar-refractivity contribution in [2.45, 2.75) is 0 Å². The van der Waals surface area contributed by atoms with E-state index in [2.05, 4.69) is 5.32 Å². The van der Waals surface area contributed by atoms with Gasteiger partial charge in [0.05, 0.1) is 14.2 Å². The van der Waals surface area contributed by atoms with Crippen molar-refractivity contribution < 1.29 is 19.4 Å². The van der Waals surface area contributed by atoms with Crippen LogP contribution in [-0.2, 0) is 0 Å². The number of amides is 1. The van der Waals surface area contributed by atoms with Crippen molar-refractivity contribution in [3.8, 4) is 17.2 Å². The van der Waals surface area contributed by atoms with E-state index < -0.39 is 0 Å². The van der Waals surface area contributed by atoms with Gasteiger partial charge in [0.2, 0.25) is 0 Å². The summed E-state index contributed by atoms with van der Waals surface area (Å²) < 4.78 is 10.4. The normalized spacial score (nSPS) is 10.3. The van der Waals surface area contributed by atoms with Crippen LogP contribution in [0.5, 0.6) is 17.2 Å². The summed E-state index contributed by atoms with van der Waals surface area (Å²) in [6.45, 7) is 0. The lowest BCUT2D eigenvalue weighted by molar-refractivity contribution is 0.0963. The molecule has 100 valence electrons. The van der Waals surface area contributed by atoms with Gasteiger partial charge < -0.3 is 19.9 Å². The van der Waals surface area contributed by atoms with E-state index >= 15 is 0 Å². The van der Waals surface area contributed by atoms with Gasteiger partial charge in [-0.1, -0.05) is 0 Å². The van der Waals surface area contributed by atoms with Gasteiger partial charge in [-0.15, -0.1) is 0 Å². The highest BCUT2D eigenvalue weighted by molar-refractivity contribution is 6.01. The first-order chi connectivity index (χ1) is 9.10. The van der Waals surface area contributed by atoms with Crippen LogP contribution in [0.15, 0.2) is 24.3 Å². The Kier molecular flexibility index (Phi) is 3.46. The van der Waals surface area contributed by atoms with E-state index in [4.69, 9.17) is 9.47 Å². The molecule has 0 aliphatic heterocycles. The number of aromatic hydroxyl groups is 1. The quantitative estimate of drug-likeness (QED) is 0.885. The van der Waals surface area contributed by atoms with Crippen molar-refractivity contribution in [3.05, 3.63) is 29.8 Å². The van der Waals surface area contributed by atoms with E-state index in [1.165, 1.54) is 27.3 Å². The number of fused-ring (bicyclic) bond motifs is 1. The second-order valence-corrected chi connectivity index (χ2v) is 4.00. The Balaban J connectivity index is 2.70. The molecule has 2 N–H and O–H groups in total. The van der Waals surface area contributed by atoms with Crippen molar-refractivity contribution in [1.82, 2.24) is 5.32 Å². The van der Waals surface area contributed by atoms with Crippen molar-refractivity contribution in [1.29, 1.82) is 0 Å². The predicted molar refractivity (Wildman–Crippen MR) is 72.1 cm³/mol. The minimum Gasteiger partial charge on any atom is -0.507 e. The molecule has 0 atom stereocenters. The molecule has 0 aromatic heterocycles. The van der Waals surface area contributed by atoms with E-state index in [9.17, 15) is 9.90 Å². The summed E-state index contributed by atoms with van der Waals surface area (Å²) in [4.78, 5) is 11.6. The lowest BCUT2D eigenvalue weighted by atomic mass is 10.0. The number of benzene rings is 2. The fourth-order valence-corrected chi connectivity index (χ4v) is 1.95. The van der Waals surface area contributed by atoms with Gasteiger partial charge in [-0.2, -0.15) is 0 Å². The zero-order chi connectivity index (χ0) is 14.0. The standard InChI is InChI=1S/C14H15NO4/c1-15-14(17)9-4-8-6-12(18-2)13(19-3)7-10(8)11(16)5-9/h4-7,16H,1-3H3,(H,15,17). The zero-order valence-corrected chi connectivity index (χ0v) is 11.0. The molecule has 0 saturated carbocycles. The number of phenolic OH excluding ortho intramolecular Hbond substituents is 1. The van der Waals surface area contributed by atoms with Crippen LogP contribution in [0, 0.1) is 0 Å². The smallest absolute Gasteiger partial charge is 0.251 e. The Bertz CT molecular complexity index is 637. The average Bonchev–Trinajstić information content (AvgIpc) is 2.44. The maximum atomic E-state index is 11.6. The van der Waals surface area contributed by atoms with E-state index in [0.717, 1.165) is 0 Å². The number of carbonyl (C=O) groups excluding carboxylic acids is 1. The van der Waals surface area contributed by atoms with Gasteiger partial charge in [-0.25, -0.2) is 0 Å². The Morgan fingerprint density at radius 2 is 1.74 bits per heavy atom. The van der Waals surface area contributed by atoms with E-state index in [0.29, 0.717) is 27.8 Å². The van der Waals surface area contributed by atoms with Gasteiger partial charge in [-0.3, -0.25) is 4.79 Å². The number of carbonyl (C=O) groups is 1. The molecule has 0 aliphatic rings. The molecule has 0 unspecified atom stereocenters. The van der Waals surface area contributed by atoms with Crippen molar-refractivity contribution >= 4 is 16.7 Å². The molecular weight excluding hydrogens is 246 g/mol. The Labute approximate surface area is 110 Å². The molecule has 19 heavy (non-hydrogen) atoms. The number of hydrogen-bond donors (Lipinski definition) is 2. The molecule has 0 bridgehead atoms. The molecule has 0 fully saturated rings. The largest absolute Gasteiger partial charge is 0.507 e. The highest BCUT2D eigenvalue weighted by Crippen LogP contribution is 2.36. The lowest BCUT2D eigenvalue weighted by Gasteiger charge is -2.11. The molecule has 1 amide bonds. The van der Waals surface area contributed by atoms with E-state index in [-0.39, 0.29) is 11.7 Å². The summed E-state index contributed by atoms with van der Waals surface area (Å²) in [6, 6.07) is 6.51. The van der Waals surface area contributed by atoms with Crippen LogP contribution < -0.4 is 14.8 Å². The topological polar surface area (TPSA) is 67.8 Å². The third-order valence-electron chi connectivity index (χ3n) is 2.92. The van der Waals surface area contributed by atoms with Gasteiger partial charge >= 0.3 is 0 Å². The summed E-state index contributed by atoms with van der Waals surface area (Å²) in [5.41, 5.74) is 0.389. The van der Waals surface area contributed by atoms with Gasteiger partial charge in [-0.05, 0) is 29.7 Å². The van der Waals surface area contributed by atoms with Crippen molar-refractivity contribution in [2.24, 2.45) is 0 Å². The maximum Gasteiger partial charge on any atom is 0.251 e. The summed E-state index contributed by atoms with van der Waals surface area (Å²) in [6.07, 6.45) is 0. The van der Waals surface area contributed by atoms with Gasteiger partial charge in [0.1, 0.15) is 5.75 Å². The summed E-state index contributed by atoms with van der Waals surface area (Å²) >= 11 is 0. The molecule has 0 radical (unpaired) electrons. The summed E-state index contributed by atoms with van der Waals surface area (Å²) in [7, 11) is 4.60. The van der Waals surface area contributed by atoms with Gasteiger partial charge in [0.15, 0.2) is 11.5 Å². The van der Waals surface area contributed by atoms with Gasteiger partial charge in [0.25, 0.3) is 5.91 Å². The molecule has 2 rings (SSSR count). The van der Waals surface area contributed by atoms with Crippen LogP contribution in [0.2, 0.25) is 0 Å². The number of rotatable bonds is 3. The summed E-state index contributed by atoms with van der Waals surface area (Å²) in [5.74, 6) is 0.838. The molecule has 0 spiro atoms. The second kappa shape index (κ2) is 5.06. The number of ether oxygens (including phenoxy) is 2. The Morgan fingerprint density at radius 1 is 1.11 bits per heavy atom. The van der Waals surface area contributed by atoms with Crippen molar-refractivity contribution in [2.75, 3.05) is 21.3 Å². The third kappa shape index (κ3) is 2.27. The molecule has 0 heterocycles. The first-order valence-electron chi connectivity index (χ1n) is 5.71. The van der Waals surface area contributed by atoms with Crippen LogP contribution in [0.4, 0.5) is 0 Å². The molecular formula is C14H15NO4. The highest BCUT2D eigenvalue weighted by atomic mass is 16.5. The number of hydrogen-bond acceptors (Lipinski definition) is 4. The monoisotopic (exact) mass is 261 g/mol. The van der Waals surface area contributed by atoms with E-state index in [1.54, 1.807) is 18.2 Å². The molecule has 0 aliphatic carbocycles. The molecule has 2 aromatic carbocycles. The fourth-order valence-electron chi connectivity index (χ4n) is 1.95. The zero-order valence-electron chi connectivity index (χ0n) is 11.0. The Hall–Kier alpha value is -2.43. The first kappa shape index (κ1) is 13.0. The van der Waals surface area contributed by atoms with Crippen LogP contribution in [0.3, 0.4) is 0 Å². The third-order valence-corrected chi connectivity index (χ3v) is 2.92. The maximum absolute atomic E-state index is 11.6. The van der Waals surface area contributed by atoms with Crippen LogP contribution >= 0.6 is 0 Å². The second-order valence-electron chi connectivity index (χ2n) is 4.00. The molecule has 2 aromatic rings. The Morgan fingerprint density at radius 3 is 2.32 bits per heavy atom. The molecule has 5 heteroatoms. The van der Waals surface area contributed by atoms with Crippen LogP contribution in [0.1, 0.15) is 10.4 Å². The average molecular weight is 261 g/mol. The minimum absolute atomic E-state index is 0.0250. The highest BCUT2D eigenvalue weighted by Gasteiger charge is 2.12.